The van der Waals surface area contributed by atoms with E-state index >= 15 is 0 Å². The fourth-order valence-electron chi connectivity index (χ4n) is 1.69. The topological polar surface area (TPSA) is 110 Å². The standard InChI is InChI=1S/C15H17NO7/c1-9-6-4-5-7-12(9)14(20)22-11(3)23-15(21)16(10(2)17)8-13(18)19/h4-7,11H,8H2,1-3H3,(H,18,19). The van der Waals surface area contributed by atoms with E-state index < -0.39 is 36.8 Å². The number of aliphatic carboxylic acids is 1. The predicted molar refractivity (Wildman–Crippen MR) is 77.6 cm³/mol. The molecule has 0 fully saturated rings. The molecule has 1 aromatic rings. The van der Waals surface area contributed by atoms with Crippen LogP contribution in [-0.2, 0) is 19.1 Å². The molecule has 124 valence electrons. The molecular weight excluding hydrogens is 306 g/mol. The van der Waals surface area contributed by atoms with E-state index in [9.17, 15) is 19.2 Å². The smallest absolute Gasteiger partial charge is 0.420 e. The quantitative estimate of drug-likeness (QED) is 0.646. The maximum Gasteiger partial charge on any atom is 0.420 e. The van der Waals surface area contributed by atoms with Gasteiger partial charge in [0.15, 0.2) is 0 Å². The Morgan fingerprint density at radius 2 is 1.78 bits per heavy atom. The monoisotopic (exact) mass is 323 g/mol. The van der Waals surface area contributed by atoms with Crippen molar-refractivity contribution in [1.29, 1.82) is 0 Å². The van der Waals surface area contributed by atoms with Crippen LogP contribution >= 0.6 is 0 Å². The second-order valence-electron chi connectivity index (χ2n) is 4.67. The molecule has 0 aromatic heterocycles. The number of amides is 2. The van der Waals surface area contributed by atoms with Crippen molar-refractivity contribution in [2.75, 3.05) is 6.54 Å². The first-order valence-electron chi connectivity index (χ1n) is 6.69. The highest BCUT2D eigenvalue weighted by Gasteiger charge is 2.25. The molecule has 8 nitrogen and oxygen atoms in total. The second kappa shape index (κ2) is 7.92. The highest BCUT2D eigenvalue weighted by molar-refractivity contribution is 5.94. The first-order valence-corrected chi connectivity index (χ1v) is 6.69. The lowest BCUT2D eigenvalue weighted by atomic mass is 10.1. The summed E-state index contributed by atoms with van der Waals surface area (Å²) in [4.78, 5) is 45.9. The molecule has 1 N–H and O–H groups in total. The van der Waals surface area contributed by atoms with Crippen molar-refractivity contribution in [3.63, 3.8) is 0 Å². The lowest BCUT2D eigenvalue weighted by Crippen LogP contribution is -2.41. The van der Waals surface area contributed by atoms with Gasteiger partial charge in [0.25, 0.3) is 0 Å². The van der Waals surface area contributed by atoms with Crippen molar-refractivity contribution in [3.8, 4) is 0 Å². The average Bonchev–Trinajstić information content (AvgIpc) is 2.44. The van der Waals surface area contributed by atoms with Crippen LogP contribution in [0.1, 0.15) is 29.8 Å². The van der Waals surface area contributed by atoms with E-state index in [1.807, 2.05) is 0 Å². The number of carboxylic acid groups (broad SMARTS) is 1. The highest BCUT2D eigenvalue weighted by atomic mass is 16.7. The molecule has 0 aliphatic heterocycles. The summed E-state index contributed by atoms with van der Waals surface area (Å²) in [6.07, 6.45) is -2.49. The van der Waals surface area contributed by atoms with Gasteiger partial charge in [0, 0.05) is 13.8 Å². The Morgan fingerprint density at radius 3 is 2.30 bits per heavy atom. The molecule has 1 rings (SSSR count). The number of carboxylic acids is 1. The fraction of sp³-hybridized carbons (Fsp3) is 0.333. The van der Waals surface area contributed by atoms with Gasteiger partial charge in [-0.25, -0.2) is 14.5 Å². The third-order valence-electron chi connectivity index (χ3n) is 2.80. The Hall–Kier alpha value is -2.90. The van der Waals surface area contributed by atoms with E-state index in [1.54, 1.807) is 31.2 Å². The van der Waals surface area contributed by atoms with Crippen LogP contribution in [0.3, 0.4) is 0 Å². The summed E-state index contributed by atoms with van der Waals surface area (Å²) in [6.45, 7) is 3.19. The third-order valence-corrected chi connectivity index (χ3v) is 2.80. The van der Waals surface area contributed by atoms with Crippen molar-refractivity contribution in [2.24, 2.45) is 0 Å². The zero-order chi connectivity index (χ0) is 17.6. The molecule has 1 aromatic carbocycles. The predicted octanol–water partition coefficient (Wildman–Crippen LogP) is 1.57. The Kier molecular flexibility index (Phi) is 6.25. The molecule has 0 saturated heterocycles. The molecule has 0 heterocycles. The Morgan fingerprint density at radius 1 is 1.17 bits per heavy atom. The lowest BCUT2D eigenvalue weighted by Gasteiger charge is -2.20. The maximum absolute atomic E-state index is 12.0. The van der Waals surface area contributed by atoms with E-state index in [0.717, 1.165) is 6.92 Å². The molecule has 23 heavy (non-hydrogen) atoms. The van der Waals surface area contributed by atoms with Gasteiger partial charge in [0.2, 0.25) is 12.2 Å². The van der Waals surface area contributed by atoms with Gasteiger partial charge in [-0.05, 0) is 18.6 Å². The summed E-state index contributed by atoms with van der Waals surface area (Å²) < 4.78 is 9.72. The minimum absolute atomic E-state index is 0.310. The van der Waals surface area contributed by atoms with Crippen LogP contribution in [-0.4, -0.2) is 46.8 Å². The van der Waals surface area contributed by atoms with Gasteiger partial charge in [0.1, 0.15) is 6.54 Å². The van der Waals surface area contributed by atoms with Gasteiger partial charge < -0.3 is 14.6 Å². The summed E-state index contributed by atoms with van der Waals surface area (Å²) in [7, 11) is 0. The average molecular weight is 323 g/mol. The SMILES string of the molecule is CC(=O)N(CC(=O)O)C(=O)OC(C)OC(=O)c1ccccc1C. The number of rotatable bonds is 5. The lowest BCUT2D eigenvalue weighted by molar-refractivity contribution is -0.144. The van der Waals surface area contributed by atoms with Crippen LogP contribution in [0.4, 0.5) is 4.79 Å². The van der Waals surface area contributed by atoms with Crippen LogP contribution in [0.25, 0.3) is 0 Å². The minimum atomic E-state index is -1.37. The van der Waals surface area contributed by atoms with Crippen LogP contribution in [0.5, 0.6) is 0 Å². The molecule has 0 saturated carbocycles. The number of esters is 1. The number of benzene rings is 1. The van der Waals surface area contributed by atoms with E-state index in [2.05, 4.69) is 0 Å². The van der Waals surface area contributed by atoms with E-state index in [0.29, 0.717) is 16.0 Å². The summed E-state index contributed by atoms with van der Waals surface area (Å²) in [5.41, 5.74) is 0.997. The van der Waals surface area contributed by atoms with Gasteiger partial charge in [-0.3, -0.25) is 9.59 Å². The summed E-state index contributed by atoms with van der Waals surface area (Å²) in [5, 5.41) is 8.65. The zero-order valence-electron chi connectivity index (χ0n) is 12.9. The fourth-order valence-corrected chi connectivity index (χ4v) is 1.69. The molecule has 0 spiro atoms. The molecule has 1 atom stereocenters. The summed E-state index contributed by atoms with van der Waals surface area (Å²) in [5.74, 6) is -2.87. The van der Waals surface area contributed by atoms with E-state index in [1.165, 1.54) is 6.92 Å². The number of carbonyl (C=O) groups is 4. The third kappa shape index (κ3) is 5.42. The molecule has 0 radical (unpaired) electrons. The molecule has 1 unspecified atom stereocenters. The number of ether oxygens (including phenoxy) is 2. The summed E-state index contributed by atoms with van der Waals surface area (Å²) in [6, 6.07) is 6.69. The van der Waals surface area contributed by atoms with Crippen LogP contribution in [0, 0.1) is 6.92 Å². The van der Waals surface area contributed by atoms with Crippen molar-refractivity contribution < 1.29 is 33.8 Å². The molecule has 2 amide bonds. The Bertz CT molecular complexity index is 626. The Labute approximate surface area is 132 Å². The first-order chi connectivity index (χ1) is 10.7. The highest BCUT2D eigenvalue weighted by Crippen LogP contribution is 2.11. The maximum atomic E-state index is 12.0. The number of hydrogen-bond donors (Lipinski definition) is 1. The normalized spacial score (nSPS) is 11.3. The molecule has 8 heteroatoms. The van der Waals surface area contributed by atoms with Crippen LogP contribution in [0.2, 0.25) is 0 Å². The van der Waals surface area contributed by atoms with Crippen LogP contribution in [0.15, 0.2) is 24.3 Å². The number of aryl methyl sites for hydroxylation is 1. The number of carbonyl (C=O) groups excluding carboxylic acids is 3. The van der Waals surface area contributed by atoms with Gasteiger partial charge >= 0.3 is 18.0 Å². The van der Waals surface area contributed by atoms with E-state index in [4.69, 9.17) is 14.6 Å². The van der Waals surface area contributed by atoms with Crippen molar-refractivity contribution in [3.05, 3.63) is 35.4 Å². The summed E-state index contributed by atoms with van der Waals surface area (Å²) >= 11 is 0. The van der Waals surface area contributed by atoms with Crippen molar-refractivity contribution in [2.45, 2.75) is 27.1 Å². The van der Waals surface area contributed by atoms with Crippen molar-refractivity contribution >= 4 is 23.9 Å². The second-order valence-corrected chi connectivity index (χ2v) is 4.67. The largest absolute Gasteiger partial charge is 0.480 e. The van der Waals surface area contributed by atoms with Gasteiger partial charge in [-0.1, -0.05) is 18.2 Å². The molecular formula is C15H17NO7. The van der Waals surface area contributed by atoms with Gasteiger partial charge in [-0.2, -0.15) is 0 Å². The Balaban J connectivity index is 2.68. The molecule has 0 aliphatic rings. The van der Waals surface area contributed by atoms with Gasteiger partial charge in [-0.15, -0.1) is 0 Å². The first kappa shape index (κ1) is 18.1. The minimum Gasteiger partial charge on any atom is -0.480 e. The molecule has 0 aliphatic carbocycles. The van der Waals surface area contributed by atoms with Crippen molar-refractivity contribution in [1.82, 2.24) is 4.90 Å². The zero-order valence-corrected chi connectivity index (χ0v) is 12.9. The van der Waals surface area contributed by atoms with Crippen LogP contribution < -0.4 is 0 Å². The van der Waals surface area contributed by atoms with Gasteiger partial charge in [0.05, 0.1) is 5.56 Å². The number of nitrogens with zero attached hydrogens (tertiary/aromatic N) is 1. The number of hydrogen-bond acceptors (Lipinski definition) is 6. The van der Waals surface area contributed by atoms with E-state index in [-0.39, 0.29) is 0 Å². The molecule has 0 bridgehead atoms. The number of imide groups is 1.